The fraction of sp³-hybridized carbons (Fsp3) is 0.333. The van der Waals surface area contributed by atoms with Crippen LogP contribution in [0.2, 0.25) is 0 Å². The van der Waals surface area contributed by atoms with Crippen LogP contribution >= 0.6 is 39.1 Å². The fourth-order valence-corrected chi connectivity index (χ4v) is 9.82. The number of phenols is 1. The Balaban J connectivity index is 1.33. The number of rotatable bonds is 9. The topological polar surface area (TPSA) is 194 Å². The first-order valence-corrected chi connectivity index (χ1v) is 18.5. The lowest BCUT2D eigenvalue weighted by Gasteiger charge is -2.50. The molecular weight excluding hydrogens is 813 g/mol. The molecule has 0 radical (unpaired) electrons. The van der Waals surface area contributed by atoms with E-state index in [1.807, 2.05) is 30.3 Å². The molecule has 280 valence electrons. The molecule has 3 aromatic carbocycles. The highest BCUT2D eigenvalue weighted by Crippen LogP contribution is 2.66. The predicted octanol–water partition coefficient (Wildman–Crippen LogP) is 5.77. The normalized spacial score (nSPS) is 27.3. The summed E-state index contributed by atoms with van der Waals surface area (Å²) >= 11 is 17.7. The van der Waals surface area contributed by atoms with Crippen molar-refractivity contribution in [1.82, 2.24) is 4.90 Å². The molecule has 0 spiro atoms. The molecule has 2 saturated heterocycles. The molecule has 2 heterocycles. The molecule has 54 heavy (non-hydrogen) atoms. The van der Waals surface area contributed by atoms with Gasteiger partial charge in [-0.25, -0.2) is 4.90 Å². The zero-order valence-corrected chi connectivity index (χ0v) is 31.6. The maximum atomic E-state index is 14.5. The number of carbonyl (C=O) groups is 4. The Hall–Kier alpha value is -5.06. The summed E-state index contributed by atoms with van der Waals surface area (Å²) < 4.78 is 5.89. The number of fused-ring (bicyclic) bond motifs is 4. The van der Waals surface area contributed by atoms with Crippen LogP contribution in [0.1, 0.15) is 29.9 Å². The van der Waals surface area contributed by atoms with Crippen molar-refractivity contribution in [2.75, 3.05) is 29.3 Å². The van der Waals surface area contributed by atoms with E-state index in [1.54, 1.807) is 12.1 Å². The van der Waals surface area contributed by atoms with Crippen molar-refractivity contribution in [1.29, 1.82) is 0 Å². The summed E-state index contributed by atoms with van der Waals surface area (Å²) in [6.07, 6.45) is 1.24. The summed E-state index contributed by atoms with van der Waals surface area (Å²) in [5, 5.41) is 35.7. The standard InChI is InChI=1S/C36H30BrCl2N5O10/c1-40(2)30-25(43(50)51)12-19(13-26(30)44(52)53)42-31(46)23-11-10-21-24(28(23)32(42)47)15-35(38)33(48)41(17-37)34(49)36(35,39)29(21)22-9-8-20(14-27(22)45)54-16-18-6-4-3-5-7-18/h3-10,12-14,23-24,28-29,45H,11,15-17H2,1-2H3/t23-,24+,28-,29+,35+,36-/m0/s1. The van der Waals surface area contributed by atoms with E-state index in [0.717, 1.165) is 22.6 Å². The molecular formula is C36H30BrCl2N5O10. The lowest BCUT2D eigenvalue weighted by Crippen LogP contribution is -2.60. The molecule has 3 fully saturated rings. The molecule has 1 saturated carbocycles. The van der Waals surface area contributed by atoms with Gasteiger partial charge in [0, 0.05) is 43.8 Å². The number of hydrogen-bond donors (Lipinski definition) is 1. The number of allylic oxidation sites excluding steroid dienone is 2. The number of anilines is 2. The SMILES string of the molecule is CN(C)c1c([N+](=O)[O-])cc(N2C(=O)[C@H]3[C@H](CC=C4[C@H]3C[C@@]3(Cl)C(=O)N(CBr)C(=O)[C@@]3(Cl)[C@H]4c3ccc(OCc4ccccc4)cc3O)C2=O)cc1[N+](=O)[O-]. The van der Waals surface area contributed by atoms with E-state index < -0.39 is 78.3 Å². The van der Waals surface area contributed by atoms with Gasteiger partial charge in [0.2, 0.25) is 11.8 Å². The summed E-state index contributed by atoms with van der Waals surface area (Å²) in [6.45, 7) is 0.188. The number of amides is 4. The quantitative estimate of drug-likeness (QED) is 0.0687. The van der Waals surface area contributed by atoms with Gasteiger partial charge in [0.25, 0.3) is 11.8 Å². The van der Waals surface area contributed by atoms with Gasteiger partial charge in [0.1, 0.15) is 18.1 Å². The van der Waals surface area contributed by atoms with E-state index in [4.69, 9.17) is 27.9 Å². The number of hydrogen-bond acceptors (Lipinski definition) is 11. The number of ether oxygens (including phenoxy) is 1. The fourth-order valence-electron chi connectivity index (χ4n) is 8.41. The predicted molar refractivity (Wildman–Crippen MR) is 199 cm³/mol. The summed E-state index contributed by atoms with van der Waals surface area (Å²) in [5.74, 6) is -7.83. The molecule has 4 amide bonds. The van der Waals surface area contributed by atoms with Crippen LogP contribution in [0.25, 0.3) is 0 Å². The van der Waals surface area contributed by atoms with Crippen molar-refractivity contribution in [3.8, 4) is 11.5 Å². The minimum Gasteiger partial charge on any atom is -0.508 e. The van der Waals surface area contributed by atoms with Gasteiger partial charge in [0.15, 0.2) is 15.4 Å². The summed E-state index contributed by atoms with van der Waals surface area (Å²) in [7, 11) is 2.77. The van der Waals surface area contributed by atoms with E-state index in [9.17, 15) is 44.5 Å². The van der Waals surface area contributed by atoms with Crippen LogP contribution in [0.5, 0.6) is 11.5 Å². The zero-order chi connectivity index (χ0) is 39.0. The van der Waals surface area contributed by atoms with Crippen molar-refractivity contribution in [3.05, 3.63) is 104 Å². The Morgan fingerprint density at radius 2 is 1.59 bits per heavy atom. The number of aromatic hydroxyl groups is 1. The number of imide groups is 2. The molecule has 7 rings (SSSR count). The monoisotopic (exact) mass is 841 g/mol. The highest BCUT2D eigenvalue weighted by Gasteiger charge is 2.76. The molecule has 15 nitrogen and oxygen atoms in total. The second kappa shape index (κ2) is 13.4. The molecule has 3 aromatic rings. The molecule has 18 heteroatoms. The number of nitro groups is 2. The Bertz CT molecular complexity index is 2170. The van der Waals surface area contributed by atoms with Gasteiger partial charge in [0.05, 0.1) is 32.8 Å². The Morgan fingerprint density at radius 3 is 2.17 bits per heavy atom. The van der Waals surface area contributed by atoms with Crippen molar-refractivity contribution >= 4 is 85.5 Å². The van der Waals surface area contributed by atoms with Crippen LogP contribution in [-0.2, 0) is 25.8 Å². The second-order valence-electron chi connectivity index (χ2n) is 13.7. The summed E-state index contributed by atoms with van der Waals surface area (Å²) in [5.41, 5.74) is -0.962. The van der Waals surface area contributed by atoms with E-state index in [0.29, 0.717) is 10.5 Å². The molecule has 6 atom stereocenters. The van der Waals surface area contributed by atoms with Crippen LogP contribution in [0, 0.1) is 38.0 Å². The molecule has 2 aliphatic carbocycles. The van der Waals surface area contributed by atoms with Crippen molar-refractivity contribution in [3.63, 3.8) is 0 Å². The number of halogens is 3. The average Bonchev–Trinajstić information content (AvgIpc) is 3.47. The largest absolute Gasteiger partial charge is 0.508 e. The maximum absolute atomic E-state index is 14.5. The molecule has 2 aliphatic heterocycles. The number of phenolic OH excluding ortho intramolecular Hbond substituents is 1. The van der Waals surface area contributed by atoms with Gasteiger partial charge >= 0.3 is 11.4 Å². The van der Waals surface area contributed by atoms with Gasteiger partial charge < -0.3 is 14.7 Å². The van der Waals surface area contributed by atoms with Gasteiger partial charge in [-0.1, -0.05) is 64.0 Å². The second-order valence-corrected chi connectivity index (χ2v) is 15.5. The summed E-state index contributed by atoms with van der Waals surface area (Å²) in [4.78, 5) is 77.6. The number of carbonyl (C=O) groups excluding carboxylic acids is 4. The van der Waals surface area contributed by atoms with Gasteiger partial charge in [-0.3, -0.25) is 44.3 Å². The number of alkyl halides is 3. The van der Waals surface area contributed by atoms with Crippen LogP contribution in [-0.4, -0.2) is 72.8 Å². The van der Waals surface area contributed by atoms with Gasteiger partial charge in [-0.15, -0.1) is 23.2 Å². The maximum Gasteiger partial charge on any atom is 0.301 e. The first-order chi connectivity index (χ1) is 25.6. The van der Waals surface area contributed by atoms with Crippen LogP contribution in [0.15, 0.2) is 72.3 Å². The molecule has 0 aromatic heterocycles. The number of benzene rings is 3. The Labute approximate surface area is 325 Å². The van der Waals surface area contributed by atoms with Crippen LogP contribution < -0.4 is 14.5 Å². The van der Waals surface area contributed by atoms with Crippen molar-refractivity contribution < 1.29 is 38.9 Å². The highest BCUT2D eigenvalue weighted by atomic mass is 79.9. The first-order valence-electron chi connectivity index (χ1n) is 16.6. The molecule has 4 aliphatic rings. The zero-order valence-electron chi connectivity index (χ0n) is 28.5. The van der Waals surface area contributed by atoms with Crippen LogP contribution in [0.3, 0.4) is 0 Å². The van der Waals surface area contributed by atoms with Crippen LogP contribution in [0.4, 0.5) is 22.7 Å². The molecule has 0 unspecified atom stereocenters. The Kier molecular flexibility index (Phi) is 9.21. The third-order valence-corrected chi connectivity index (χ3v) is 12.6. The van der Waals surface area contributed by atoms with E-state index in [1.165, 1.54) is 31.1 Å². The minimum absolute atomic E-state index is 0.0559. The lowest BCUT2D eigenvalue weighted by molar-refractivity contribution is -0.392. The van der Waals surface area contributed by atoms with Crippen molar-refractivity contribution in [2.24, 2.45) is 17.8 Å². The van der Waals surface area contributed by atoms with E-state index in [2.05, 4.69) is 15.9 Å². The van der Waals surface area contributed by atoms with E-state index in [-0.39, 0.29) is 53.3 Å². The van der Waals surface area contributed by atoms with Crippen molar-refractivity contribution in [2.45, 2.75) is 35.1 Å². The number of likely N-dealkylation sites (tertiary alicyclic amines) is 1. The molecule has 0 bridgehead atoms. The van der Waals surface area contributed by atoms with Gasteiger partial charge in [-0.05, 0) is 30.4 Å². The summed E-state index contributed by atoms with van der Waals surface area (Å²) in [6, 6.07) is 15.6. The van der Waals surface area contributed by atoms with E-state index >= 15 is 0 Å². The lowest BCUT2D eigenvalue weighted by atomic mass is 9.56. The average molecular weight is 843 g/mol. The Morgan fingerprint density at radius 1 is 0.944 bits per heavy atom. The number of nitro benzene ring substituents is 2. The highest BCUT2D eigenvalue weighted by molar-refractivity contribution is 9.09. The smallest absolute Gasteiger partial charge is 0.301 e. The first kappa shape index (κ1) is 37.3. The molecule has 1 N–H and O–H groups in total. The van der Waals surface area contributed by atoms with Gasteiger partial charge in [-0.2, -0.15) is 0 Å². The third kappa shape index (κ3) is 5.36. The minimum atomic E-state index is -2.19. The number of nitrogens with zero attached hydrogens (tertiary/aromatic N) is 5. The third-order valence-electron chi connectivity index (χ3n) is 10.7.